The molecule has 0 fully saturated rings. The van der Waals surface area contributed by atoms with Crippen molar-refractivity contribution in [1.29, 1.82) is 0 Å². The van der Waals surface area contributed by atoms with E-state index < -0.39 is 0 Å². The molecule has 0 unspecified atom stereocenters. The number of benzene rings is 2. The first-order valence-electron chi connectivity index (χ1n) is 8.86. The Morgan fingerprint density at radius 3 is 2.32 bits per heavy atom. The molecule has 1 aromatic heterocycles. The summed E-state index contributed by atoms with van der Waals surface area (Å²) in [6.45, 7) is 0.682. The molecule has 6 heteroatoms. The Bertz CT molecular complexity index is 1020. The Balaban J connectivity index is 1.51. The lowest BCUT2D eigenvalue weighted by molar-refractivity contribution is 0.0642. The highest BCUT2D eigenvalue weighted by Gasteiger charge is 2.35. The topological polar surface area (TPSA) is 57.7 Å². The molecule has 28 heavy (non-hydrogen) atoms. The number of carbonyl (C=O) groups is 3. The van der Waals surface area contributed by atoms with E-state index in [1.54, 1.807) is 65.7 Å². The molecule has 2 aromatic carbocycles. The molecule has 0 spiro atoms. The third kappa shape index (κ3) is 3.34. The first kappa shape index (κ1) is 18.1. The van der Waals surface area contributed by atoms with Crippen LogP contribution in [-0.2, 0) is 13.1 Å². The Morgan fingerprint density at radius 2 is 1.68 bits per heavy atom. The second-order valence-electron chi connectivity index (χ2n) is 6.68. The van der Waals surface area contributed by atoms with E-state index in [9.17, 15) is 14.4 Å². The van der Waals surface area contributed by atoms with Gasteiger partial charge in [-0.3, -0.25) is 19.3 Å². The molecule has 1 aliphatic rings. The third-order valence-electron chi connectivity index (χ3n) is 4.71. The van der Waals surface area contributed by atoms with E-state index in [1.165, 1.54) is 4.90 Å². The van der Waals surface area contributed by atoms with Crippen molar-refractivity contribution in [2.24, 2.45) is 0 Å². The van der Waals surface area contributed by atoms with E-state index in [0.29, 0.717) is 23.2 Å². The first-order chi connectivity index (χ1) is 13.5. The highest BCUT2D eigenvalue weighted by atomic mass is 32.1. The van der Waals surface area contributed by atoms with Gasteiger partial charge in [0.15, 0.2) is 0 Å². The summed E-state index contributed by atoms with van der Waals surface area (Å²) >= 11 is 1.61. The number of carbonyl (C=O) groups excluding carboxylic acids is 3. The van der Waals surface area contributed by atoms with Gasteiger partial charge in [0.1, 0.15) is 0 Å². The zero-order valence-electron chi connectivity index (χ0n) is 15.3. The van der Waals surface area contributed by atoms with Gasteiger partial charge in [0.05, 0.1) is 24.2 Å². The summed E-state index contributed by atoms with van der Waals surface area (Å²) < 4.78 is 0. The van der Waals surface area contributed by atoms with Crippen LogP contribution in [0.2, 0.25) is 0 Å². The fraction of sp³-hybridized carbons (Fsp3) is 0.136. The van der Waals surface area contributed by atoms with E-state index >= 15 is 0 Å². The predicted molar refractivity (Wildman–Crippen MR) is 107 cm³/mol. The summed E-state index contributed by atoms with van der Waals surface area (Å²) in [5.74, 6) is -0.697. The van der Waals surface area contributed by atoms with E-state index in [1.807, 2.05) is 23.6 Å². The van der Waals surface area contributed by atoms with Gasteiger partial charge in [-0.1, -0.05) is 30.3 Å². The number of imide groups is 1. The lowest BCUT2D eigenvalue weighted by Crippen LogP contribution is -2.29. The molecule has 3 aromatic rings. The largest absolute Gasteiger partial charge is 0.337 e. The molecule has 0 saturated carbocycles. The van der Waals surface area contributed by atoms with Crippen molar-refractivity contribution >= 4 is 29.1 Å². The molecule has 0 atom stereocenters. The van der Waals surface area contributed by atoms with Crippen molar-refractivity contribution in [1.82, 2.24) is 9.80 Å². The second-order valence-corrected chi connectivity index (χ2v) is 7.72. The lowest BCUT2D eigenvalue weighted by atomic mass is 10.1. The van der Waals surface area contributed by atoms with Gasteiger partial charge >= 0.3 is 0 Å². The minimum Gasteiger partial charge on any atom is -0.337 e. The van der Waals surface area contributed by atoms with Crippen molar-refractivity contribution in [2.75, 3.05) is 7.05 Å². The van der Waals surface area contributed by atoms with Crippen LogP contribution in [0.25, 0.3) is 0 Å². The summed E-state index contributed by atoms with van der Waals surface area (Å²) in [7, 11) is 1.76. The summed E-state index contributed by atoms with van der Waals surface area (Å²) in [5.41, 5.74) is 2.13. The van der Waals surface area contributed by atoms with Crippen LogP contribution < -0.4 is 0 Å². The normalized spacial score (nSPS) is 13.0. The van der Waals surface area contributed by atoms with Crippen molar-refractivity contribution in [3.05, 3.63) is 93.2 Å². The third-order valence-corrected chi connectivity index (χ3v) is 5.57. The SMILES string of the molecule is CN(Cc1cccs1)C(=O)c1cccc(CN2C(=O)c3ccccc3C2=O)c1. The molecular formula is C22H18N2O3S. The van der Waals surface area contributed by atoms with Crippen LogP contribution >= 0.6 is 11.3 Å². The van der Waals surface area contributed by atoms with Gasteiger partial charge in [0, 0.05) is 17.5 Å². The lowest BCUT2D eigenvalue weighted by Gasteiger charge is -2.18. The van der Waals surface area contributed by atoms with Crippen LogP contribution in [0.5, 0.6) is 0 Å². The zero-order valence-corrected chi connectivity index (χ0v) is 16.1. The molecule has 4 rings (SSSR count). The second kappa shape index (κ2) is 7.40. The number of amides is 3. The van der Waals surface area contributed by atoms with Gasteiger partial charge in [-0.2, -0.15) is 0 Å². The summed E-state index contributed by atoms with van der Waals surface area (Å²) in [5, 5.41) is 1.98. The number of nitrogens with zero attached hydrogens (tertiary/aromatic N) is 2. The van der Waals surface area contributed by atoms with E-state index in [2.05, 4.69) is 0 Å². The van der Waals surface area contributed by atoms with Gasteiger partial charge in [-0.05, 0) is 41.3 Å². The van der Waals surface area contributed by atoms with Crippen LogP contribution in [0, 0.1) is 0 Å². The molecule has 0 aliphatic carbocycles. The maximum Gasteiger partial charge on any atom is 0.261 e. The van der Waals surface area contributed by atoms with Crippen LogP contribution in [-0.4, -0.2) is 34.6 Å². The average Bonchev–Trinajstić information content (AvgIpc) is 3.31. The number of hydrogen-bond acceptors (Lipinski definition) is 4. The minimum absolute atomic E-state index is 0.0994. The Hall–Kier alpha value is -3.25. The molecule has 0 radical (unpaired) electrons. The Labute approximate surface area is 166 Å². The van der Waals surface area contributed by atoms with Gasteiger partial charge < -0.3 is 4.90 Å². The quantitative estimate of drug-likeness (QED) is 0.623. The van der Waals surface area contributed by atoms with Crippen LogP contribution in [0.15, 0.2) is 66.0 Å². The molecular weight excluding hydrogens is 372 g/mol. The molecule has 3 amide bonds. The van der Waals surface area contributed by atoms with E-state index in [0.717, 1.165) is 10.4 Å². The molecule has 0 bridgehead atoms. The monoisotopic (exact) mass is 390 g/mol. The van der Waals surface area contributed by atoms with Crippen LogP contribution in [0.3, 0.4) is 0 Å². The molecule has 5 nitrogen and oxygen atoms in total. The number of hydrogen-bond donors (Lipinski definition) is 0. The van der Waals surface area contributed by atoms with Crippen molar-refractivity contribution in [3.63, 3.8) is 0 Å². The predicted octanol–water partition coefficient (Wildman–Crippen LogP) is 3.82. The highest BCUT2D eigenvalue weighted by molar-refractivity contribution is 7.09. The van der Waals surface area contributed by atoms with Gasteiger partial charge in [0.2, 0.25) is 0 Å². The fourth-order valence-electron chi connectivity index (χ4n) is 3.30. The van der Waals surface area contributed by atoms with Crippen LogP contribution in [0.1, 0.15) is 41.5 Å². The number of rotatable bonds is 5. The molecule has 0 saturated heterocycles. The zero-order chi connectivity index (χ0) is 19.7. The summed E-state index contributed by atoms with van der Waals surface area (Å²) in [4.78, 5) is 41.8. The van der Waals surface area contributed by atoms with Crippen molar-refractivity contribution < 1.29 is 14.4 Å². The van der Waals surface area contributed by atoms with Gasteiger partial charge in [-0.25, -0.2) is 0 Å². The number of thiophene rings is 1. The van der Waals surface area contributed by atoms with Crippen molar-refractivity contribution in [2.45, 2.75) is 13.1 Å². The Kier molecular flexibility index (Phi) is 4.79. The van der Waals surface area contributed by atoms with E-state index in [4.69, 9.17) is 0 Å². The molecule has 140 valence electrons. The maximum atomic E-state index is 12.8. The summed E-state index contributed by atoms with van der Waals surface area (Å²) in [6.07, 6.45) is 0. The standard InChI is InChI=1S/C22H18N2O3S/c1-23(14-17-8-5-11-28-17)20(25)16-7-4-6-15(12-16)13-24-21(26)18-9-2-3-10-19(18)22(24)27/h2-12H,13-14H2,1H3. The first-order valence-corrected chi connectivity index (χ1v) is 9.74. The van der Waals surface area contributed by atoms with E-state index in [-0.39, 0.29) is 24.3 Å². The maximum absolute atomic E-state index is 12.8. The van der Waals surface area contributed by atoms with Gasteiger partial charge in [-0.15, -0.1) is 11.3 Å². The van der Waals surface area contributed by atoms with Crippen molar-refractivity contribution in [3.8, 4) is 0 Å². The average molecular weight is 390 g/mol. The Morgan fingerprint density at radius 1 is 0.964 bits per heavy atom. The fourth-order valence-corrected chi connectivity index (χ4v) is 4.05. The molecule has 1 aliphatic heterocycles. The highest BCUT2D eigenvalue weighted by Crippen LogP contribution is 2.24. The van der Waals surface area contributed by atoms with Gasteiger partial charge in [0.25, 0.3) is 17.7 Å². The number of fused-ring (bicyclic) bond motifs is 1. The summed E-state index contributed by atoms with van der Waals surface area (Å²) in [6, 6.07) is 17.9. The smallest absolute Gasteiger partial charge is 0.261 e. The molecule has 0 N–H and O–H groups in total. The minimum atomic E-state index is -0.299. The molecule has 2 heterocycles. The van der Waals surface area contributed by atoms with Crippen LogP contribution in [0.4, 0.5) is 0 Å².